The van der Waals surface area contributed by atoms with E-state index in [1.165, 1.54) is 0 Å². The van der Waals surface area contributed by atoms with Crippen LogP contribution >= 0.6 is 0 Å². The van der Waals surface area contributed by atoms with Gasteiger partial charge < -0.3 is 5.32 Å². The predicted octanol–water partition coefficient (Wildman–Crippen LogP) is 2.63. The highest BCUT2D eigenvalue weighted by molar-refractivity contribution is 5.91. The highest BCUT2D eigenvalue weighted by Gasteiger charge is 2.33. The van der Waals surface area contributed by atoms with Gasteiger partial charge in [-0.05, 0) is 25.1 Å². The van der Waals surface area contributed by atoms with Crippen LogP contribution in [0.3, 0.4) is 0 Å². The first-order valence-electron chi connectivity index (χ1n) is 7.21. The van der Waals surface area contributed by atoms with Crippen molar-refractivity contribution in [2.75, 3.05) is 5.32 Å². The topological polar surface area (TPSA) is 88.5 Å². The Kier molecular flexibility index (Phi) is 4.26. The van der Waals surface area contributed by atoms with E-state index < -0.39 is 17.8 Å². The highest BCUT2D eigenvalue weighted by atomic mass is 19.4. The molecule has 0 unspecified atom stereocenters. The van der Waals surface area contributed by atoms with Crippen LogP contribution in [-0.4, -0.2) is 30.9 Å². The molecule has 7 nitrogen and oxygen atoms in total. The summed E-state index contributed by atoms with van der Waals surface area (Å²) in [6.07, 6.45) is -3.43. The lowest BCUT2D eigenvalue weighted by molar-refractivity contribution is -0.141. The van der Waals surface area contributed by atoms with E-state index in [1.54, 1.807) is 31.2 Å². The second-order valence-electron chi connectivity index (χ2n) is 5.27. The number of hydrogen-bond donors (Lipinski definition) is 2. The zero-order valence-corrected chi connectivity index (χ0v) is 13.0. The van der Waals surface area contributed by atoms with Crippen LogP contribution in [0.4, 0.5) is 18.9 Å². The smallest absolute Gasteiger partial charge is 0.324 e. The number of nitrogens with zero attached hydrogens (tertiary/aromatic N) is 4. The summed E-state index contributed by atoms with van der Waals surface area (Å²) < 4.78 is 38.4. The van der Waals surface area contributed by atoms with Crippen LogP contribution in [-0.2, 0) is 17.5 Å². The van der Waals surface area contributed by atoms with E-state index in [0.717, 1.165) is 16.9 Å². The minimum atomic E-state index is -4.54. The summed E-state index contributed by atoms with van der Waals surface area (Å²) in [7, 11) is 0. The van der Waals surface area contributed by atoms with Gasteiger partial charge in [-0.1, -0.05) is 12.1 Å². The Labute approximate surface area is 139 Å². The van der Waals surface area contributed by atoms with Crippen molar-refractivity contribution < 1.29 is 18.0 Å². The number of benzene rings is 1. The Balaban J connectivity index is 1.68. The van der Waals surface area contributed by atoms with Gasteiger partial charge in [0, 0.05) is 17.4 Å². The van der Waals surface area contributed by atoms with E-state index in [1.807, 2.05) is 0 Å². The number of hydrogen-bond acceptors (Lipinski definition) is 4. The van der Waals surface area contributed by atoms with Crippen molar-refractivity contribution in [3.63, 3.8) is 0 Å². The van der Waals surface area contributed by atoms with Crippen molar-refractivity contribution in [1.29, 1.82) is 0 Å². The fourth-order valence-electron chi connectivity index (χ4n) is 2.16. The number of carbonyl (C=O) groups excluding carboxylic acids is 1. The lowest BCUT2D eigenvalue weighted by atomic mass is 10.2. The van der Waals surface area contributed by atoms with Gasteiger partial charge >= 0.3 is 6.18 Å². The molecule has 130 valence electrons. The Morgan fingerprint density at radius 3 is 2.76 bits per heavy atom. The molecule has 2 N–H and O–H groups in total. The largest absolute Gasteiger partial charge is 0.435 e. The fraction of sp³-hybridized carbons (Fsp3) is 0.200. The number of aromatic nitrogens is 5. The highest BCUT2D eigenvalue weighted by Crippen LogP contribution is 2.27. The van der Waals surface area contributed by atoms with Crippen LogP contribution in [0.25, 0.3) is 11.4 Å². The molecule has 3 rings (SSSR count). The zero-order chi connectivity index (χ0) is 18.0. The van der Waals surface area contributed by atoms with Crippen molar-refractivity contribution in [1.82, 2.24) is 25.0 Å². The Morgan fingerprint density at radius 1 is 1.32 bits per heavy atom. The normalized spacial score (nSPS) is 11.5. The maximum atomic E-state index is 12.5. The van der Waals surface area contributed by atoms with Gasteiger partial charge in [-0.15, -0.1) is 0 Å². The molecule has 2 heterocycles. The summed E-state index contributed by atoms with van der Waals surface area (Å²) >= 11 is 0. The quantitative estimate of drug-likeness (QED) is 0.757. The van der Waals surface area contributed by atoms with Crippen LogP contribution in [0.5, 0.6) is 0 Å². The molecule has 0 atom stereocenters. The summed E-state index contributed by atoms with van der Waals surface area (Å²) in [5.74, 6) is 0.638. The second kappa shape index (κ2) is 6.38. The molecule has 0 aliphatic carbocycles. The van der Waals surface area contributed by atoms with E-state index in [-0.39, 0.29) is 6.54 Å². The third-order valence-corrected chi connectivity index (χ3v) is 3.24. The number of halogens is 3. The maximum Gasteiger partial charge on any atom is 0.435 e. The van der Waals surface area contributed by atoms with Gasteiger partial charge in [0.2, 0.25) is 5.91 Å². The Morgan fingerprint density at radius 2 is 2.12 bits per heavy atom. The van der Waals surface area contributed by atoms with Gasteiger partial charge in [-0.25, -0.2) is 4.98 Å². The number of H-pyrrole nitrogens is 1. The molecule has 25 heavy (non-hydrogen) atoms. The van der Waals surface area contributed by atoms with Gasteiger partial charge in [0.05, 0.1) is 0 Å². The minimum absolute atomic E-state index is 0.333. The second-order valence-corrected chi connectivity index (χ2v) is 5.27. The third kappa shape index (κ3) is 4.03. The van der Waals surface area contributed by atoms with Crippen molar-refractivity contribution in [2.24, 2.45) is 0 Å². The molecule has 1 amide bonds. The van der Waals surface area contributed by atoms with Crippen molar-refractivity contribution in [2.45, 2.75) is 19.6 Å². The lowest BCUT2D eigenvalue weighted by Gasteiger charge is -2.07. The Hall–Kier alpha value is -3.17. The summed E-state index contributed by atoms with van der Waals surface area (Å²) in [5.41, 5.74) is 0.135. The number of aromatic amines is 1. The number of amides is 1. The number of rotatable bonds is 4. The van der Waals surface area contributed by atoms with Gasteiger partial charge in [0.15, 0.2) is 11.5 Å². The third-order valence-electron chi connectivity index (χ3n) is 3.24. The van der Waals surface area contributed by atoms with E-state index in [0.29, 0.717) is 22.9 Å². The van der Waals surface area contributed by atoms with Gasteiger partial charge in [0.25, 0.3) is 0 Å². The van der Waals surface area contributed by atoms with Crippen LogP contribution in [0.1, 0.15) is 11.5 Å². The zero-order valence-electron chi connectivity index (χ0n) is 13.0. The molecule has 1 aromatic carbocycles. The minimum Gasteiger partial charge on any atom is -0.324 e. The molecule has 0 spiro atoms. The number of anilines is 1. The Bertz CT molecular complexity index is 899. The van der Waals surface area contributed by atoms with Crippen LogP contribution < -0.4 is 5.32 Å². The molecule has 0 aliphatic rings. The fourth-order valence-corrected chi connectivity index (χ4v) is 2.16. The van der Waals surface area contributed by atoms with Gasteiger partial charge in [-0.3, -0.25) is 14.6 Å². The average Bonchev–Trinajstić information content (AvgIpc) is 3.16. The van der Waals surface area contributed by atoms with E-state index in [2.05, 4.69) is 25.6 Å². The van der Waals surface area contributed by atoms with Crippen molar-refractivity contribution >= 4 is 11.6 Å². The lowest BCUT2D eigenvalue weighted by Crippen LogP contribution is -2.19. The molecule has 2 aromatic heterocycles. The summed E-state index contributed by atoms with van der Waals surface area (Å²) in [4.78, 5) is 16.2. The van der Waals surface area contributed by atoms with Crippen LogP contribution in [0, 0.1) is 6.92 Å². The van der Waals surface area contributed by atoms with Crippen molar-refractivity contribution in [3.8, 4) is 11.4 Å². The van der Waals surface area contributed by atoms with Crippen LogP contribution in [0.2, 0.25) is 0 Å². The molecule has 0 bridgehead atoms. The standard InChI is InChI=1S/C15H13F3N6O/c1-9-19-14(22-21-9)10-3-2-4-11(7-10)20-13(25)8-24-6-5-12(23-24)15(16,17)18/h2-7H,8H2,1H3,(H,20,25)(H,19,21,22). The monoisotopic (exact) mass is 350 g/mol. The molecular formula is C15H13F3N6O. The number of nitrogens with one attached hydrogen (secondary N) is 2. The number of carbonyl (C=O) groups is 1. The number of alkyl halides is 3. The van der Waals surface area contributed by atoms with E-state index in [9.17, 15) is 18.0 Å². The maximum absolute atomic E-state index is 12.5. The molecular weight excluding hydrogens is 337 g/mol. The summed E-state index contributed by atoms with van der Waals surface area (Å²) in [6.45, 7) is 1.43. The summed E-state index contributed by atoms with van der Waals surface area (Å²) in [5, 5.41) is 12.7. The first kappa shape index (κ1) is 16.7. The van der Waals surface area contributed by atoms with Gasteiger partial charge in [-0.2, -0.15) is 23.4 Å². The first-order valence-corrected chi connectivity index (χ1v) is 7.21. The molecule has 10 heteroatoms. The molecule has 0 saturated heterocycles. The summed E-state index contributed by atoms with van der Waals surface area (Å²) in [6, 6.07) is 7.64. The van der Waals surface area contributed by atoms with Crippen molar-refractivity contribution in [3.05, 3.63) is 48.0 Å². The molecule has 0 aliphatic heterocycles. The molecule has 0 radical (unpaired) electrons. The van der Waals surface area contributed by atoms with Gasteiger partial charge in [0.1, 0.15) is 12.4 Å². The number of aryl methyl sites for hydroxylation is 1. The first-order chi connectivity index (χ1) is 11.8. The van der Waals surface area contributed by atoms with E-state index >= 15 is 0 Å². The predicted molar refractivity (Wildman–Crippen MR) is 82.4 cm³/mol. The SMILES string of the molecule is Cc1nc(-c2cccc(NC(=O)Cn3ccc(C(F)(F)F)n3)c2)n[nH]1. The van der Waals surface area contributed by atoms with Crippen LogP contribution in [0.15, 0.2) is 36.5 Å². The molecule has 3 aromatic rings. The average molecular weight is 350 g/mol. The van der Waals surface area contributed by atoms with E-state index in [4.69, 9.17) is 0 Å². The molecule has 0 saturated carbocycles. The molecule has 0 fully saturated rings.